The van der Waals surface area contributed by atoms with Crippen molar-refractivity contribution in [2.75, 3.05) is 12.4 Å². The predicted molar refractivity (Wildman–Crippen MR) is 74.5 cm³/mol. The van der Waals surface area contributed by atoms with Crippen LogP contribution >= 0.6 is 11.6 Å². The van der Waals surface area contributed by atoms with Crippen LogP contribution in [0.4, 0.5) is 0 Å². The summed E-state index contributed by atoms with van der Waals surface area (Å²) >= 11 is 5.61. The molecule has 0 bridgehead atoms. The zero-order valence-corrected chi connectivity index (χ0v) is 11.7. The molecule has 0 spiro atoms. The van der Waals surface area contributed by atoms with Gasteiger partial charge >= 0.3 is 0 Å². The second kappa shape index (κ2) is 8.33. The number of carbonyl (C=O) groups excluding carboxylic acids is 1. The number of aryl methyl sites for hydroxylation is 1. The van der Waals surface area contributed by atoms with Crippen LogP contribution in [0.5, 0.6) is 0 Å². The van der Waals surface area contributed by atoms with Crippen LogP contribution in [-0.4, -0.2) is 28.1 Å². The summed E-state index contributed by atoms with van der Waals surface area (Å²) in [5, 5.41) is 15.8. The largest absolute Gasteiger partial charge is 0.351 e. The Kier molecular flexibility index (Phi) is 6.69. The van der Waals surface area contributed by atoms with E-state index in [1.54, 1.807) is 17.1 Å². The van der Waals surface area contributed by atoms with E-state index in [0.717, 1.165) is 12.8 Å². The maximum Gasteiger partial charge on any atom is 0.261 e. The van der Waals surface area contributed by atoms with Crippen LogP contribution in [0.2, 0.25) is 0 Å². The van der Waals surface area contributed by atoms with Gasteiger partial charge < -0.3 is 5.32 Å². The van der Waals surface area contributed by atoms with E-state index in [0.29, 0.717) is 24.5 Å². The lowest BCUT2D eigenvalue weighted by Gasteiger charge is -2.01. The highest BCUT2D eigenvalue weighted by molar-refractivity contribution is 6.17. The molecule has 0 saturated carbocycles. The Balaban J connectivity index is 2.69. The number of carbonyl (C=O) groups is 1. The van der Waals surface area contributed by atoms with Crippen LogP contribution in [-0.2, 0) is 11.3 Å². The van der Waals surface area contributed by atoms with E-state index in [1.807, 2.05) is 13.0 Å². The Hall–Kier alpha value is -1.80. The Morgan fingerprint density at radius 3 is 3.11 bits per heavy atom. The van der Waals surface area contributed by atoms with Crippen LogP contribution in [0, 0.1) is 11.3 Å². The van der Waals surface area contributed by atoms with Crippen LogP contribution < -0.4 is 5.32 Å². The molecule has 1 heterocycles. The summed E-state index contributed by atoms with van der Waals surface area (Å²) in [6, 6.07) is 1.90. The first-order chi connectivity index (χ1) is 9.21. The first kappa shape index (κ1) is 15.3. The molecular formula is C13H17ClN4O. The van der Waals surface area contributed by atoms with Gasteiger partial charge in [0, 0.05) is 24.2 Å². The summed E-state index contributed by atoms with van der Waals surface area (Å²) in [5.74, 6) is 0.119. The van der Waals surface area contributed by atoms with Crippen molar-refractivity contribution >= 4 is 23.6 Å². The fraction of sp³-hybridized carbons (Fsp3) is 0.462. The standard InChI is InChI=1S/C13H17ClN4O/c1-2-3-5-16-13(19)12(8-15)7-11-9-17-18(10-11)6-4-14/h7,9-10H,2-6H2,1H3,(H,16,19). The second-order valence-corrected chi connectivity index (χ2v) is 4.38. The van der Waals surface area contributed by atoms with E-state index >= 15 is 0 Å². The molecule has 0 aliphatic carbocycles. The summed E-state index contributed by atoms with van der Waals surface area (Å²) in [6.07, 6.45) is 6.77. The minimum atomic E-state index is -0.346. The van der Waals surface area contributed by atoms with E-state index in [2.05, 4.69) is 10.4 Å². The number of amides is 1. The zero-order valence-electron chi connectivity index (χ0n) is 10.9. The number of nitrogens with one attached hydrogen (secondary N) is 1. The number of unbranched alkanes of at least 4 members (excludes halogenated alkanes) is 1. The molecule has 0 radical (unpaired) electrons. The van der Waals surface area contributed by atoms with Crippen molar-refractivity contribution in [2.24, 2.45) is 0 Å². The van der Waals surface area contributed by atoms with Gasteiger partial charge in [0.1, 0.15) is 11.6 Å². The van der Waals surface area contributed by atoms with Gasteiger partial charge in [0.25, 0.3) is 5.91 Å². The summed E-state index contributed by atoms with van der Waals surface area (Å²) in [6.45, 7) is 3.22. The first-order valence-corrected chi connectivity index (χ1v) is 6.73. The lowest BCUT2D eigenvalue weighted by molar-refractivity contribution is -0.117. The maximum atomic E-state index is 11.7. The van der Waals surface area contributed by atoms with Gasteiger partial charge in [-0.3, -0.25) is 9.48 Å². The molecule has 1 rings (SSSR count). The van der Waals surface area contributed by atoms with Gasteiger partial charge in [-0.2, -0.15) is 10.4 Å². The van der Waals surface area contributed by atoms with E-state index in [4.69, 9.17) is 16.9 Å². The predicted octanol–water partition coefficient (Wildman–Crippen LogP) is 1.95. The smallest absolute Gasteiger partial charge is 0.261 e. The number of aromatic nitrogens is 2. The van der Waals surface area contributed by atoms with Gasteiger partial charge in [-0.15, -0.1) is 11.6 Å². The first-order valence-electron chi connectivity index (χ1n) is 6.19. The highest BCUT2D eigenvalue weighted by atomic mass is 35.5. The Morgan fingerprint density at radius 1 is 1.68 bits per heavy atom. The van der Waals surface area contributed by atoms with Gasteiger partial charge in [0.15, 0.2) is 0 Å². The average Bonchev–Trinajstić information content (AvgIpc) is 2.84. The molecule has 19 heavy (non-hydrogen) atoms. The van der Waals surface area contributed by atoms with Crippen molar-refractivity contribution < 1.29 is 4.79 Å². The molecule has 0 atom stereocenters. The monoisotopic (exact) mass is 280 g/mol. The van der Waals surface area contributed by atoms with Crippen molar-refractivity contribution in [1.82, 2.24) is 15.1 Å². The molecule has 1 amide bonds. The molecule has 1 N–H and O–H groups in total. The Bertz CT molecular complexity index is 487. The van der Waals surface area contributed by atoms with Crippen molar-refractivity contribution in [2.45, 2.75) is 26.3 Å². The summed E-state index contributed by atoms with van der Waals surface area (Å²) < 4.78 is 1.67. The third kappa shape index (κ3) is 5.14. The molecule has 0 fully saturated rings. The number of hydrogen-bond donors (Lipinski definition) is 1. The molecule has 102 valence electrons. The van der Waals surface area contributed by atoms with Crippen LogP contribution in [0.15, 0.2) is 18.0 Å². The third-order valence-electron chi connectivity index (χ3n) is 2.46. The third-order valence-corrected chi connectivity index (χ3v) is 2.63. The van der Waals surface area contributed by atoms with Crippen molar-refractivity contribution in [1.29, 1.82) is 5.26 Å². The topological polar surface area (TPSA) is 70.7 Å². The maximum absolute atomic E-state index is 11.7. The van der Waals surface area contributed by atoms with Gasteiger partial charge in [-0.1, -0.05) is 13.3 Å². The lowest BCUT2D eigenvalue weighted by Crippen LogP contribution is -2.25. The Morgan fingerprint density at radius 2 is 2.47 bits per heavy atom. The average molecular weight is 281 g/mol. The molecule has 0 aliphatic heterocycles. The zero-order chi connectivity index (χ0) is 14.1. The minimum absolute atomic E-state index is 0.0847. The Labute approximate surface area is 117 Å². The van der Waals surface area contributed by atoms with Crippen molar-refractivity contribution in [3.8, 4) is 6.07 Å². The van der Waals surface area contributed by atoms with Gasteiger partial charge in [-0.25, -0.2) is 0 Å². The summed E-state index contributed by atoms with van der Waals surface area (Å²) in [4.78, 5) is 11.7. The quantitative estimate of drug-likeness (QED) is 0.359. The van der Waals surface area contributed by atoms with E-state index in [1.165, 1.54) is 6.08 Å². The number of nitrogens with zero attached hydrogens (tertiary/aromatic N) is 3. The summed E-state index contributed by atoms with van der Waals surface area (Å²) in [5.41, 5.74) is 0.800. The highest BCUT2D eigenvalue weighted by Gasteiger charge is 2.08. The normalized spacial score (nSPS) is 11.1. The number of alkyl halides is 1. The number of hydrogen-bond acceptors (Lipinski definition) is 3. The van der Waals surface area contributed by atoms with E-state index in [-0.39, 0.29) is 11.5 Å². The van der Waals surface area contributed by atoms with Crippen molar-refractivity contribution in [3.05, 3.63) is 23.5 Å². The van der Waals surface area contributed by atoms with Crippen LogP contribution in [0.3, 0.4) is 0 Å². The minimum Gasteiger partial charge on any atom is -0.351 e. The number of halogens is 1. The molecule has 0 aliphatic rings. The van der Waals surface area contributed by atoms with Gasteiger partial charge in [0.2, 0.25) is 0 Å². The molecule has 0 saturated heterocycles. The SMILES string of the molecule is CCCCNC(=O)C(C#N)=Cc1cnn(CCCl)c1. The number of nitriles is 1. The van der Waals surface area contributed by atoms with E-state index < -0.39 is 0 Å². The highest BCUT2D eigenvalue weighted by Crippen LogP contribution is 2.06. The molecule has 0 aromatic carbocycles. The molecule has 1 aromatic heterocycles. The van der Waals surface area contributed by atoms with Gasteiger partial charge in [0.05, 0.1) is 12.7 Å². The molecule has 5 nitrogen and oxygen atoms in total. The molecule has 6 heteroatoms. The molecule has 0 unspecified atom stereocenters. The van der Waals surface area contributed by atoms with Gasteiger partial charge in [-0.05, 0) is 12.5 Å². The van der Waals surface area contributed by atoms with Crippen LogP contribution in [0.25, 0.3) is 6.08 Å². The summed E-state index contributed by atoms with van der Waals surface area (Å²) in [7, 11) is 0. The number of rotatable bonds is 7. The van der Waals surface area contributed by atoms with Crippen LogP contribution in [0.1, 0.15) is 25.3 Å². The fourth-order valence-corrected chi connectivity index (χ4v) is 1.63. The van der Waals surface area contributed by atoms with E-state index in [9.17, 15) is 4.79 Å². The fourth-order valence-electron chi connectivity index (χ4n) is 1.45. The molecule has 1 aromatic rings. The second-order valence-electron chi connectivity index (χ2n) is 4.00. The van der Waals surface area contributed by atoms with Crippen molar-refractivity contribution in [3.63, 3.8) is 0 Å². The molecular weight excluding hydrogens is 264 g/mol. The lowest BCUT2D eigenvalue weighted by atomic mass is 10.2.